The molecule has 1 aliphatic rings. The fourth-order valence-corrected chi connectivity index (χ4v) is 0.780. The highest BCUT2D eigenvalue weighted by molar-refractivity contribution is 7.93. The third kappa shape index (κ3) is 0.597. The number of hydrogen-bond donors (Lipinski definition) is 0. The molecule has 0 aromatic rings. The third-order valence-electron chi connectivity index (χ3n) is 0.525. The molecule has 0 spiro atoms. The Morgan fingerprint density at radius 1 is 1.83 bits per heavy atom. The van der Waals surface area contributed by atoms with Crippen molar-refractivity contribution in [2.24, 2.45) is 0 Å². The second-order valence-electron chi connectivity index (χ2n) is 0.966. The molecule has 0 fully saturated rings. The lowest BCUT2D eigenvalue weighted by molar-refractivity contribution is -0.279. The van der Waals surface area contributed by atoms with Crippen molar-refractivity contribution in [3.8, 4) is 0 Å². The largest absolute Gasteiger partial charge is 0.235 e. The molecule has 2 nitrogen and oxygen atoms in total. The van der Waals surface area contributed by atoms with E-state index in [4.69, 9.17) is 0 Å². The van der Waals surface area contributed by atoms with Crippen molar-refractivity contribution in [2.75, 3.05) is 5.75 Å². The van der Waals surface area contributed by atoms with Gasteiger partial charge in [0.2, 0.25) is 18.1 Å². The Hall–Kier alpha value is -0.310. The topological polar surface area (TPSA) is 20.1 Å². The maximum absolute atomic E-state index is 10.0. The minimum Gasteiger partial charge on any atom is 0.00197 e. The van der Waals surface area contributed by atoms with Crippen LogP contribution < -0.4 is 0 Å². The molecule has 0 N–H and O–H groups in total. The maximum atomic E-state index is 10.0. The lowest BCUT2D eigenvalue weighted by Crippen LogP contribution is -1.73. The average Bonchev–Trinajstić information content (AvgIpc) is 1.86. The molecule has 0 radical (unpaired) electrons. The predicted octanol–water partition coefficient (Wildman–Crippen LogP) is 0.941. The lowest BCUT2D eigenvalue weighted by atomic mass is 10.7. The van der Waals surface area contributed by atoms with Crippen LogP contribution in [0.2, 0.25) is 0 Å². The van der Waals surface area contributed by atoms with Crippen molar-refractivity contribution in [3.63, 3.8) is 0 Å². The molecule has 0 aliphatic carbocycles. The van der Waals surface area contributed by atoms with Crippen molar-refractivity contribution >= 4 is 11.9 Å². The van der Waals surface area contributed by atoms with Gasteiger partial charge in [-0.2, -0.15) is 0 Å². The van der Waals surface area contributed by atoms with Gasteiger partial charge < -0.3 is 0 Å². The smallest absolute Gasteiger partial charge is 0.00197 e. The van der Waals surface area contributed by atoms with Crippen LogP contribution in [-0.2, 0) is 0 Å². The van der Waals surface area contributed by atoms with Gasteiger partial charge in [0.1, 0.15) is 4.17 Å². The van der Waals surface area contributed by atoms with Gasteiger partial charge in [-0.15, -0.1) is 0 Å². The summed E-state index contributed by atoms with van der Waals surface area (Å²) in [5.41, 5.74) is 0. The highest BCUT2D eigenvalue weighted by Crippen LogP contribution is 2.08. The SMILES string of the molecule is O=[N+]1C=CCS1. The van der Waals surface area contributed by atoms with Crippen LogP contribution in [-0.4, -0.2) is 9.92 Å². The number of hydrogen-bond acceptors (Lipinski definition) is 2. The molecule has 32 valence electrons. The summed E-state index contributed by atoms with van der Waals surface area (Å²) >= 11 is 1.26. The van der Waals surface area contributed by atoms with E-state index in [1.807, 2.05) is 6.08 Å². The Labute approximate surface area is 39.9 Å². The van der Waals surface area contributed by atoms with Crippen molar-refractivity contribution in [2.45, 2.75) is 0 Å². The number of rotatable bonds is 0. The Morgan fingerprint density at radius 3 is 2.83 bits per heavy atom. The van der Waals surface area contributed by atoms with Crippen molar-refractivity contribution in [1.82, 2.24) is 0 Å². The van der Waals surface area contributed by atoms with Crippen molar-refractivity contribution in [1.29, 1.82) is 0 Å². The molecule has 0 saturated heterocycles. The van der Waals surface area contributed by atoms with E-state index in [0.29, 0.717) is 0 Å². The normalized spacial score (nSPS) is 19.7. The van der Waals surface area contributed by atoms with Crippen LogP contribution in [0, 0.1) is 4.91 Å². The molecule has 0 saturated carbocycles. The summed E-state index contributed by atoms with van der Waals surface area (Å²) in [4.78, 5) is 10.0. The molecule has 1 rings (SSSR count). The summed E-state index contributed by atoms with van der Waals surface area (Å²) in [5.74, 6) is 0.837. The highest BCUT2D eigenvalue weighted by atomic mass is 32.2. The molecule has 0 aromatic carbocycles. The Morgan fingerprint density at radius 2 is 2.67 bits per heavy atom. The molecule has 0 unspecified atom stereocenters. The summed E-state index contributed by atoms with van der Waals surface area (Å²) < 4.78 is 0.847. The van der Waals surface area contributed by atoms with Gasteiger partial charge in [0.05, 0.1) is 5.75 Å². The van der Waals surface area contributed by atoms with E-state index >= 15 is 0 Å². The first-order valence-corrected chi connectivity index (χ1v) is 2.60. The van der Waals surface area contributed by atoms with E-state index in [9.17, 15) is 4.91 Å². The van der Waals surface area contributed by atoms with E-state index in [0.717, 1.165) is 9.92 Å². The van der Waals surface area contributed by atoms with Gasteiger partial charge in [-0.3, -0.25) is 0 Å². The van der Waals surface area contributed by atoms with Crippen LogP contribution in [0.3, 0.4) is 0 Å². The van der Waals surface area contributed by atoms with Gasteiger partial charge in [0, 0.05) is 11.0 Å². The number of nitroso groups, excluding NO2 is 1. The molecule has 0 amide bonds. The Balaban J connectivity index is 2.59. The van der Waals surface area contributed by atoms with Crippen LogP contribution in [0.1, 0.15) is 0 Å². The van der Waals surface area contributed by atoms with Gasteiger partial charge in [-0.25, -0.2) is 0 Å². The number of nitrogens with zero attached hydrogens (tertiary/aromatic N) is 1. The molecule has 0 bridgehead atoms. The summed E-state index contributed by atoms with van der Waals surface area (Å²) in [6.07, 6.45) is 3.35. The molecule has 1 aliphatic heterocycles. The van der Waals surface area contributed by atoms with E-state index < -0.39 is 0 Å². The van der Waals surface area contributed by atoms with Gasteiger partial charge in [0.25, 0.3) is 0 Å². The third-order valence-corrected chi connectivity index (χ3v) is 1.24. The van der Waals surface area contributed by atoms with Crippen molar-refractivity contribution < 1.29 is 4.17 Å². The van der Waals surface area contributed by atoms with E-state index in [2.05, 4.69) is 0 Å². The zero-order valence-electron chi connectivity index (χ0n) is 3.13. The first-order chi connectivity index (χ1) is 2.89. The molecule has 0 aromatic heterocycles. The average molecular weight is 102 g/mol. The monoisotopic (exact) mass is 102 g/mol. The fourth-order valence-electron chi connectivity index (χ4n) is 0.289. The van der Waals surface area contributed by atoms with Gasteiger partial charge in [0.15, 0.2) is 0 Å². The molecule has 1 heterocycles. The van der Waals surface area contributed by atoms with E-state index in [-0.39, 0.29) is 0 Å². The van der Waals surface area contributed by atoms with Gasteiger partial charge in [-0.1, -0.05) is 0 Å². The highest BCUT2D eigenvalue weighted by Gasteiger charge is 2.10. The Bertz CT molecular complexity index is 99.0. The quantitative estimate of drug-likeness (QED) is 0.335. The second-order valence-corrected chi connectivity index (χ2v) is 1.92. The van der Waals surface area contributed by atoms with Crippen molar-refractivity contribution in [3.05, 3.63) is 17.2 Å². The molecule has 6 heavy (non-hydrogen) atoms. The lowest BCUT2D eigenvalue weighted by Gasteiger charge is -1.59. The molecule has 3 heteroatoms. The van der Waals surface area contributed by atoms with Gasteiger partial charge in [-0.05, 0) is 0 Å². The second kappa shape index (κ2) is 1.43. The molecular weight excluding hydrogens is 98.1 g/mol. The molecular formula is C3H4NOS+. The van der Waals surface area contributed by atoms with Crippen LogP contribution in [0.4, 0.5) is 0 Å². The maximum Gasteiger partial charge on any atom is 0.235 e. The van der Waals surface area contributed by atoms with E-state index in [1.165, 1.54) is 18.1 Å². The Kier molecular flexibility index (Phi) is 0.919. The summed E-state index contributed by atoms with van der Waals surface area (Å²) in [6, 6.07) is 0. The minimum absolute atomic E-state index is 0.837. The summed E-state index contributed by atoms with van der Waals surface area (Å²) in [7, 11) is 0. The van der Waals surface area contributed by atoms with Crippen LogP contribution in [0.15, 0.2) is 12.3 Å². The van der Waals surface area contributed by atoms with E-state index in [1.54, 1.807) is 0 Å². The summed E-state index contributed by atoms with van der Waals surface area (Å²) in [6.45, 7) is 0. The first kappa shape index (κ1) is 3.87. The summed E-state index contributed by atoms with van der Waals surface area (Å²) in [5, 5.41) is 0. The molecule has 0 atom stereocenters. The van der Waals surface area contributed by atoms with Crippen LogP contribution in [0.5, 0.6) is 0 Å². The fraction of sp³-hybridized carbons (Fsp3) is 0.333. The van der Waals surface area contributed by atoms with Crippen LogP contribution >= 0.6 is 11.9 Å². The minimum atomic E-state index is 0.837. The first-order valence-electron chi connectivity index (χ1n) is 1.65. The van der Waals surface area contributed by atoms with Gasteiger partial charge >= 0.3 is 0 Å². The van der Waals surface area contributed by atoms with Crippen LogP contribution in [0.25, 0.3) is 0 Å². The zero-order chi connectivity index (χ0) is 4.41. The predicted molar refractivity (Wildman–Crippen MR) is 25.2 cm³/mol. The zero-order valence-corrected chi connectivity index (χ0v) is 3.94. The standard InChI is InChI=1S/C3H4NOS/c5-4-2-1-3-6-4/h1-2H,3H2/q+1.